The fraction of sp³-hybridized carbons (Fsp3) is 0.500. The van der Waals surface area contributed by atoms with Crippen LogP contribution in [-0.4, -0.2) is 56.1 Å². The molecular weight excluding hydrogens is 510 g/mol. The van der Waals surface area contributed by atoms with Gasteiger partial charge in [-0.3, -0.25) is 13.9 Å². The second-order valence-electron chi connectivity index (χ2n) is 10.4. The average Bonchev–Trinajstić information content (AvgIpc) is 2.79. The van der Waals surface area contributed by atoms with E-state index in [-0.39, 0.29) is 24.8 Å². The van der Waals surface area contributed by atoms with Gasteiger partial charge in [-0.1, -0.05) is 54.9 Å². The molecule has 1 atom stereocenters. The zero-order valence-electron chi connectivity index (χ0n) is 22.8. The number of carbonyl (C=O) groups excluding carboxylic acids is 2. The molecule has 7 nitrogen and oxygen atoms in total. The molecule has 0 aliphatic heterocycles. The van der Waals surface area contributed by atoms with E-state index in [0.717, 1.165) is 17.4 Å². The van der Waals surface area contributed by atoms with Crippen molar-refractivity contribution in [2.24, 2.45) is 0 Å². The molecule has 0 heterocycles. The molecule has 204 valence electrons. The van der Waals surface area contributed by atoms with Crippen molar-refractivity contribution in [2.45, 2.75) is 71.9 Å². The number of rotatable bonds is 12. The fourth-order valence-electron chi connectivity index (χ4n) is 4.18. The lowest BCUT2D eigenvalue weighted by atomic mass is 10.0. The summed E-state index contributed by atoms with van der Waals surface area (Å²) in [6.45, 7) is 9.95. The van der Waals surface area contributed by atoms with E-state index in [1.165, 1.54) is 4.31 Å². The molecule has 0 spiro atoms. The van der Waals surface area contributed by atoms with E-state index >= 15 is 0 Å². The molecule has 0 aliphatic carbocycles. The standard InChI is InChI=1S/C28H40ClN3O4S/c1-7-24(27(34)30-28(3,4)5)31(19-17-22-12-9-8-10-13-22)26(33)14-11-18-32(37(6,35)36)25-20-23(29)16-15-21(25)2/h8-10,12-13,15-16,20,24H,7,11,14,17-19H2,1-6H3,(H,30,34). The lowest BCUT2D eigenvalue weighted by Gasteiger charge is -2.33. The van der Waals surface area contributed by atoms with Crippen LogP contribution in [-0.2, 0) is 26.0 Å². The second-order valence-corrected chi connectivity index (χ2v) is 12.7. The summed E-state index contributed by atoms with van der Waals surface area (Å²) in [5.41, 5.74) is 1.92. The maximum Gasteiger partial charge on any atom is 0.243 e. The number of sulfonamides is 1. The van der Waals surface area contributed by atoms with Crippen molar-refractivity contribution in [3.05, 3.63) is 64.7 Å². The Bertz CT molecular complexity index is 1160. The molecule has 2 rings (SSSR count). The molecule has 0 aromatic heterocycles. The van der Waals surface area contributed by atoms with Crippen molar-refractivity contribution >= 4 is 39.1 Å². The van der Waals surface area contributed by atoms with Crippen LogP contribution in [0.3, 0.4) is 0 Å². The van der Waals surface area contributed by atoms with Crippen molar-refractivity contribution in [2.75, 3.05) is 23.7 Å². The van der Waals surface area contributed by atoms with Gasteiger partial charge in [-0.05, 0) is 70.2 Å². The van der Waals surface area contributed by atoms with Gasteiger partial charge in [-0.25, -0.2) is 8.42 Å². The van der Waals surface area contributed by atoms with E-state index in [0.29, 0.717) is 36.5 Å². The first-order chi connectivity index (χ1) is 17.2. The Kier molecular flexibility index (Phi) is 11.0. The van der Waals surface area contributed by atoms with Crippen molar-refractivity contribution in [1.29, 1.82) is 0 Å². The lowest BCUT2D eigenvalue weighted by Crippen LogP contribution is -2.54. The van der Waals surface area contributed by atoms with Gasteiger partial charge in [0.05, 0.1) is 11.9 Å². The minimum atomic E-state index is -3.59. The van der Waals surface area contributed by atoms with Gasteiger partial charge in [0.15, 0.2) is 0 Å². The normalized spacial score (nSPS) is 12.6. The van der Waals surface area contributed by atoms with Crippen molar-refractivity contribution in [1.82, 2.24) is 10.2 Å². The zero-order valence-corrected chi connectivity index (χ0v) is 24.3. The number of nitrogens with one attached hydrogen (secondary N) is 1. The Labute approximate surface area is 227 Å². The highest BCUT2D eigenvalue weighted by molar-refractivity contribution is 7.92. The highest BCUT2D eigenvalue weighted by Crippen LogP contribution is 2.27. The molecule has 1 N–H and O–H groups in total. The molecule has 0 saturated heterocycles. The molecule has 0 fully saturated rings. The van der Waals surface area contributed by atoms with Crippen LogP contribution in [0.4, 0.5) is 5.69 Å². The van der Waals surface area contributed by atoms with Gasteiger partial charge in [-0.15, -0.1) is 0 Å². The highest BCUT2D eigenvalue weighted by atomic mass is 35.5. The van der Waals surface area contributed by atoms with Crippen LogP contribution in [0.1, 0.15) is 58.1 Å². The van der Waals surface area contributed by atoms with Gasteiger partial charge < -0.3 is 10.2 Å². The third-order valence-electron chi connectivity index (χ3n) is 5.96. The van der Waals surface area contributed by atoms with E-state index in [1.807, 2.05) is 65.0 Å². The topological polar surface area (TPSA) is 86.8 Å². The predicted molar refractivity (Wildman–Crippen MR) is 151 cm³/mol. The maximum absolute atomic E-state index is 13.5. The van der Waals surface area contributed by atoms with Crippen LogP contribution in [0.15, 0.2) is 48.5 Å². The molecular formula is C28H40ClN3O4S. The summed E-state index contributed by atoms with van der Waals surface area (Å²) >= 11 is 6.13. The average molecular weight is 550 g/mol. The Hall–Kier alpha value is -2.58. The SMILES string of the molecule is CCC(C(=O)NC(C)(C)C)N(CCc1ccccc1)C(=O)CCCN(c1cc(Cl)ccc1C)S(C)(=O)=O. The van der Waals surface area contributed by atoms with E-state index in [1.54, 1.807) is 23.1 Å². The summed E-state index contributed by atoms with van der Waals surface area (Å²) in [5.74, 6) is -0.369. The molecule has 9 heteroatoms. The summed E-state index contributed by atoms with van der Waals surface area (Å²) in [4.78, 5) is 28.2. The Morgan fingerprint density at radius 2 is 1.70 bits per heavy atom. The molecule has 2 aromatic rings. The first-order valence-corrected chi connectivity index (χ1v) is 14.8. The molecule has 0 aliphatic rings. The molecule has 0 saturated carbocycles. The third kappa shape index (κ3) is 9.67. The van der Waals surface area contributed by atoms with E-state index in [9.17, 15) is 18.0 Å². The monoisotopic (exact) mass is 549 g/mol. The zero-order chi connectivity index (χ0) is 27.8. The van der Waals surface area contributed by atoms with Gasteiger partial charge in [0.25, 0.3) is 0 Å². The smallest absolute Gasteiger partial charge is 0.243 e. The number of hydrogen-bond donors (Lipinski definition) is 1. The van der Waals surface area contributed by atoms with Crippen molar-refractivity contribution < 1.29 is 18.0 Å². The number of aryl methyl sites for hydroxylation is 1. The van der Waals surface area contributed by atoms with E-state index in [4.69, 9.17) is 11.6 Å². The maximum atomic E-state index is 13.5. The molecule has 2 amide bonds. The summed E-state index contributed by atoms with van der Waals surface area (Å²) in [5, 5.41) is 3.44. The first kappa shape index (κ1) is 30.6. The molecule has 0 bridgehead atoms. The Morgan fingerprint density at radius 3 is 2.27 bits per heavy atom. The number of hydrogen-bond acceptors (Lipinski definition) is 4. The Balaban J connectivity index is 2.21. The number of halogens is 1. The largest absolute Gasteiger partial charge is 0.350 e. The minimum absolute atomic E-state index is 0.111. The molecule has 0 radical (unpaired) electrons. The lowest BCUT2D eigenvalue weighted by molar-refractivity contribution is -0.141. The summed E-state index contributed by atoms with van der Waals surface area (Å²) in [6.07, 6.45) is 2.64. The summed E-state index contributed by atoms with van der Waals surface area (Å²) in [6, 6.07) is 14.3. The molecule has 1 unspecified atom stereocenters. The third-order valence-corrected chi connectivity index (χ3v) is 7.38. The van der Waals surface area contributed by atoms with Gasteiger partial charge in [0.1, 0.15) is 6.04 Å². The van der Waals surface area contributed by atoms with Crippen LogP contribution in [0, 0.1) is 6.92 Å². The van der Waals surface area contributed by atoms with Gasteiger partial charge in [0.2, 0.25) is 21.8 Å². The molecule has 37 heavy (non-hydrogen) atoms. The van der Waals surface area contributed by atoms with Gasteiger partial charge in [0, 0.05) is 30.1 Å². The molecule has 2 aromatic carbocycles. The number of anilines is 1. The van der Waals surface area contributed by atoms with E-state index < -0.39 is 21.6 Å². The first-order valence-electron chi connectivity index (χ1n) is 12.6. The quantitative estimate of drug-likeness (QED) is 0.405. The van der Waals surface area contributed by atoms with Crippen LogP contribution < -0.4 is 9.62 Å². The fourth-order valence-corrected chi connectivity index (χ4v) is 5.36. The van der Waals surface area contributed by atoms with Crippen LogP contribution in [0.2, 0.25) is 5.02 Å². The van der Waals surface area contributed by atoms with Gasteiger partial charge >= 0.3 is 0 Å². The highest BCUT2D eigenvalue weighted by Gasteiger charge is 2.30. The van der Waals surface area contributed by atoms with Crippen LogP contribution >= 0.6 is 11.6 Å². The number of carbonyl (C=O) groups is 2. The summed E-state index contributed by atoms with van der Waals surface area (Å²) in [7, 11) is -3.59. The number of amides is 2. The second kappa shape index (κ2) is 13.3. The number of benzene rings is 2. The summed E-state index contributed by atoms with van der Waals surface area (Å²) < 4.78 is 26.4. The van der Waals surface area contributed by atoms with Crippen LogP contribution in [0.5, 0.6) is 0 Å². The number of nitrogens with zero attached hydrogens (tertiary/aromatic N) is 2. The minimum Gasteiger partial charge on any atom is -0.350 e. The Morgan fingerprint density at radius 1 is 1.05 bits per heavy atom. The van der Waals surface area contributed by atoms with Crippen molar-refractivity contribution in [3.8, 4) is 0 Å². The van der Waals surface area contributed by atoms with Gasteiger partial charge in [-0.2, -0.15) is 0 Å². The predicted octanol–water partition coefficient (Wildman–Crippen LogP) is 4.96. The van der Waals surface area contributed by atoms with E-state index in [2.05, 4.69) is 5.32 Å². The van der Waals surface area contributed by atoms with Crippen molar-refractivity contribution in [3.63, 3.8) is 0 Å². The van der Waals surface area contributed by atoms with Crippen LogP contribution in [0.25, 0.3) is 0 Å².